The van der Waals surface area contributed by atoms with Crippen molar-refractivity contribution < 1.29 is 4.79 Å². The first-order valence-electron chi connectivity index (χ1n) is 11.0. The van der Waals surface area contributed by atoms with Gasteiger partial charge in [-0.25, -0.2) is 15.0 Å². The third-order valence-corrected chi connectivity index (χ3v) is 5.89. The lowest BCUT2D eigenvalue weighted by molar-refractivity contribution is -0.134. The van der Waals surface area contributed by atoms with Gasteiger partial charge >= 0.3 is 0 Å². The number of halogens is 1. The number of pyridine rings is 1. The smallest absolute Gasteiger partial charge is 0.225 e. The van der Waals surface area contributed by atoms with E-state index in [1.54, 1.807) is 12.5 Å². The molecule has 2 fully saturated rings. The van der Waals surface area contributed by atoms with Crippen LogP contribution < -0.4 is 10.6 Å². The van der Waals surface area contributed by atoms with E-state index >= 15 is 0 Å². The Hall–Kier alpha value is -2.17. The maximum Gasteiger partial charge on any atom is 0.225 e. The molecule has 0 radical (unpaired) electrons. The van der Waals surface area contributed by atoms with Crippen molar-refractivity contribution in [2.75, 3.05) is 19.6 Å². The number of carbonyl (C=O) groups excluding carboxylic acids is 1. The number of aromatic nitrogens is 3. The minimum atomic E-state index is 0. The molecule has 1 saturated heterocycles. The number of nitrogens with one attached hydrogen (secondary N) is 2. The minimum absolute atomic E-state index is 0. The second-order valence-electron chi connectivity index (χ2n) is 8.09. The summed E-state index contributed by atoms with van der Waals surface area (Å²) >= 11 is 0. The molecule has 1 aliphatic carbocycles. The van der Waals surface area contributed by atoms with Crippen LogP contribution in [0.5, 0.6) is 0 Å². The van der Waals surface area contributed by atoms with Crippen LogP contribution in [0.1, 0.15) is 44.6 Å². The van der Waals surface area contributed by atoms with Crippen molar-refractivity contribution in [3.63, 3.8) is 0 Å². The SMILES string of the molecule is CCNC(=NCc1ccc(-n2ccnc2)nc1)NC1CCN(C(=O)C2CCCC2)C1.I. The van der Waals surface area contributed by atoms with Crippen LogP contribution in [-0.4, -0.2) is 57.0 Å². The van der Waals surface area contributed by atoms with Crippen molar-refractivity contribution in [3.8, 4) is 5.82 Å². The molecule has 2 aromatic heterocycles. The zero-order valence-corrected chi connectivity index (χ0v) is 20.4. The lowest BCUT2D eigenvalue weighted by Crippen LogP contribution is -2.45. The first-order valence-corrected chi connectivity index (χ1v) is 11.0. The molecule has 168 valence electrons. The molecule has 0 bridgehead atoms. The predicted molar refractivity (Wildman–Crippen MR) is 132 cm³/mol. The summed E-state index contributed by atoms with van der Waals surface area (Å²) in [4.78, 5) is 28.0. The van der Waals surface area contributed by atoms with Crippen LogP contribution >= 0.6 is 24.0 Å². The summed E-state index contributed by atoms with van der Waals surface area (Å²) in [5, 5.41) is 6.82. The Balaban J connectivity index is 0.00000272. The number of aliphatic imine (C=N–C) groups is 1. The van der Waals surface area contributed by atoms with Crippen LogP contribution in [0.3, 0.4) is 0 Å². The highest BCUT2D eigenvalue weighted by atomic mass is 127. The summed E-state index contributed by atoms with van der Waals surface area (Å²) in [6, 6.07) is 4.25. The maximum atomic E-state index is 12.7. The Morgan fingerprint density at radius 1 is 1.26 bits per heavy atom. The molecule has 0 spiro atoms. The molecular weight excluding hydrogens is 505 g/mol. The lowest BCUT2D eigenvalue weighted by atomic mass is 10.1. The van der Waals surface area contributed by atoms with E-state index in [0.717, 1.165) is 56.2 Å². The highest BCUT2D eigenvalue weighted by molar-refractivity contribution is 14.0. The van der Waals surface area contributed by atoms with Crippen molar-refractivity contribution in [1.29, 1.82) is 0 Å². The van der Waals surface area contributed by atoms with E-state index in [-0.39, 0.29) is 35.9 Å². The molecule has 1 unspecified atom stereocenters. The van der Waals surface area contributed by atoms with Gasteiger partial charge in [-0.2, -0.15) is 0 Å². The molecule has 1 amide bonds. The minimum Gasteiger partial charge on any atom is -0.357 e. The Labute approximate surface area is 201 Å². The summed E-state index contributed by atoms with van der Waals surface area (Å²) in [6.07, 6.45) is 12.7. The summed E-state index contributed by atoms with van der Waals surface area (Å²) < 4.78 is 1.87. The summed E-state index contributed by atoms with van der Waals surface area (Å²) in [6.45, 7) is 5.00. The number of imidazole rings is 1. The van der Waals surface area contributed by atoms with E-state index in [2.05, 4.69) is 27.5 Å². The van der Waals surface area contributed by atoms with E-state index in [1.165, 1.54) is 12.8 Å². The van der Waals surface area contributed by atoms with Gasteiger partial charge in [0.2, 0.25) is 5.91 Å². The first kappa shape index (κ1) is 23.5. The van der Waals surface area contributed by atoms with E-state index in [4.69, 9.17) is 4.99 Å². The molecule has 1 saturated carbocycles. The van der Waals surface area contributed by atoms with Gasteiger partial charge < -0.3 is 15.5 Å². The molecule has 31 heavy (non-hydrogen) atoms. The van der Waals surface area contributed by atoms with Crippen molar-refractivity contribution >= 4 is 35.8 Å². The average molecular weight is 537 g/mol. The average Bonchev–Trinajstić information content (AvgIpc) is 3.55. The van der Waals surface area contributed by atoms with Crippen molar-refractivity contribution in [3.05, 3.63) is 42.6 Å². The lowest BCUT2D eigenvalue weighted by Gasteiger charge is -2.21. The maximum absolute atomic E-state index is 12.7. The molecule has 8 nitrogen and oxygen atoms in total. The standard InChI is InChI=1S/C22H31N7O.HI/c1-2-24-22(26-14-17-7-8-20(25-13-17)29-12-10-23-16-29)27-19-9-11-28(15-19)21(30)18-5-3-4-6-18;/h7-8,10,12-13,16,18-19H,2-6,9,11,14-15H2,1H3,(H2,24,26,27);1H. The Morgan fingerprint density at radius 3 is 2.77 bits per heavy atom. The summed E-state index contributed by atoms with van der Waals surface area (Å²) in [5.74, 6) is 2.23. The van der Waals surface area contributed by atoms with Gasteiger partial charge in [0.25, 0.3) is 0 Å². The topological polar surface area (TPSA) is 87.4 Å². The number of likely N-dealkylation sites (tertiary alicyclic amines) is 1. The fourth-order valence-corrected chi connectivity index (χ4v) is 4.25. The molecule has 2 aliphatic rings. The number of nitrogens with zero attached hydrogens (tertiary/aromatic N) is 5. The van der Waals surface area contributed by atoms with Gasteiger partial charge in [0, 0.05) is 50.2 Å². The number of hydrogen-bond donors (Lipinski definition) is 2. The molecule has 3 heterocycles. The molecule has 2 N–H and O–H groups in total. The van der Waals surface area contributed by atoms with Gasteiger partial charge in [0.05, 0.1) is 6.54 Å². The number of rotatable bonds is 6. The van der Waals surface area contributed by atoms with Gasteiger partial charge in [-0.1, -0.05) is 18.9 Å². The number of hydrogen-bond acceptors (Lipinski definition) is 4. The van der Waals surface area contributed by atoms with E-state index in [1.807, 2.05) is 34.0 Å². The quantitative estimate of drug-likeness (QED) is 0.336. The molecular formula is C22H32IN7O. The van der Waals surface area contributed by atoms with Crippen LogP contribution in [0.2, 0.25) is 0 Å². The number of guanidine groups is 1. The van der Waals surface area contributed by atoms with Gasteiger partial charge in [-0.15, -0.1) is 24.0 Å². The second kappa shape index (κ2) is 11.4. The van der Waals surface area contributed by atoms with Gasteiger partial charge in [-0.3, -0.25) is 9.36 Å². The van der Waals surface area contributed by atoms with Crippen molar-refractivity contribution in [2.24, 2.45) is 10.9 Å². The molecule has 1 aliphatic heterocycles. The van der Waals surface area contributed by atoms with Crippen LogP contribution in [0, 0.1) is 5.92 Å². The molecule has 2 aromatic rings. The Kier molecular flexibility index (Phi) is 8.68. The fraction of sp³-hybridized carbons (Fsp3) is 0.545. The molecule has 1 atom stereocenters. The number of amides is 1. The first-order chi connectivity index (χ1) is 14.7. The van der Waals surface area contributed by atoms with E-state index in [9.17, 15) is 4.79 Å². The third-order valence-electron chi connectivity index (χ3n) is 5.89. The molecule has 9 heteroatoms. The Morgan fingerprint density at radius 2 is 2.10 bits per heavy atom. The van der Waals surface area contributed by atoms with E-state index in [0.29, 0.717) is 12.5 Å². The predicted octanol–water partition coefficient (Wildman–Crippen LogP) is 2.73. The van der Waals surface area contributed by atoms with Crippen LogP contribution in [-0.2, 0) is 11.3 Å². The molecule has 4 rings (SSSR count). The van der Waals surface area contributed by atoms with Crippen molar-refractivity contribution in [1.82, 2.24) is 30.1 Å². The zero-order valence-electron chi connectivity index (χ0n) is 18.0. The van der Waals surface area contributed by atoms with Crippen LogP contribution in [0.25, 0.3) is 5.82 Å². The largest absolute Gasteiger partial charge is 0.357 e. The fourth-order valence-electron chi connectivity index (χ4n) is 4.25. The van der Waals surface area contributed by atoms with E-state index < -0.39 is 0 Å². The Bertz CT molecular complexity index is 847. The third kappa shape index (κ3) is 6.18. The number of carbonyl (C=O) groups is 1. The van der Waals surface area contributed by atoms with Gasteiger partial charge in [0.1, 0.15) is 12.1 Å². The summed E-state index contributed by atoms with van der Waals surface area (Å²) in [5.41, 5.74) is 1.04. The highest BCUT2D eigenvalue weighted by Gasteiger charge is 2.32. The second-order valence-corrected chi connectivity index (χ2v) is 8.09. The van der Waals surface area contributed by atoms with Crippen LogP contribution in [0.4, 0.5) is 0 Å². The zero-order chi connectivity index (χ0) is 20.8. The van der Waals surface area contributed by atoms with Gasteiger partial charge in [0.15, 0.2) is 5.96 Å². The van der Waals surface area contributed by atoms with Crippen molar-refractivity contribution in [2.45, 2.75) is 51.6 Å². The van der Waals surface area contributed by atoms with Crippen LogP contribution in [0.15, 0.2) is 42.0 Å². The monoisotopic (exact) mass is 537 g/mol. The summed E-state index contributed by atoms with van der Waals surface area (Å²) in [7, 11) is 0. The highest BCUT2D eigenvalue weighted by Crippen LogP contribution is 2.27. The molecule has 0 aromatic carbocycles. The normalized spacial score (nSPS) is 19.3. The van der Waals surface area contributed by atoms with Gasteiger partial charge in [-0.05, 0) is 37.8 Å².